The lowest BCUT2D eigenvalue weighted by atomic mass is 10.1. The number of ether oxygens (including phenoxy) is 2. The molecule has 226 valence electrons. The first-order valence-corrected chi connectivity index (χ1v) is 14.0. The average molecular weight is 619 g/mol. The van der Waals surface area contributed by atoms with Crippen molar-refractivity contribution in [3.05, 3.63) is 24.3 Å². The number of benzene rings is 1. The summed E-state index contributed by atoms with van der Waals surface area (Å²) in [6, 6.07) is 5.09. The number of amides is 4. The molecule has 0 saturated carbocycles. The van der Waals surface area contributed by atoms with Crippen molar-refractivity contribution in [3.63, 3.8) is 0 Å². The molecule has 14 nitrogen and oxygen atoms in total. The molecule has 0 bridgehead atoms. The van der Waals surface area contributed by atoms with Gasteiger partial charge in [0.1, 0.15) is 0 Å². The van der Waals surface area contributed by atoms with Crippen molar-refractivity contribution < 1.29 is 28.7 Å². The lowest BCUT2D eigenvalue weighted by Gasteiger charge is -2.24. The number of hydrogen-bond donors (Lipinski definition) is 2. The standard InChI is InChI=1S/C26H34N8O6S2/c1-7-13-31-19(15(3)27-29-23(37)39-5)21(35)33(25(31)41)17-9-11-18(12-10-17)34-22(36)20(32(14-8-2)26(34)42)16(4)28-30-24(38)40-6/h9-12,19-20H,7-8,13-14H2,1-6H3,(H,29,37)(H,30,38)/b27-15+,28-16+. The molecule has 2 fully saturated rings. The van der Waals surface area contributed by atoms with Gasteiger partial charge in [-0.05, 0) is 75.4 Å². The summed E-state index contributed by atoms with van der Waals surface area (Å²) in [4.78, 5) is 56.5. The minimum Gasteiger partial charge on any atom is -0.452 e. The Bertz CT molecular complexity index is 1220. The second-order valence-electron chi connectivity index (χ2n) is 9.33. The van der Waals surface area contributed by atoms with E-state index < -0.39 is 24.3 Å². The predicted octanol–water partition coefficient (Wildman–Crippen LogP) is 2.57. The molecule has 3 rings (SSSR count). The third kappa shape index (κ3) is 6.49. The Hall–Kier alpha value is -4.18. The Kier molecular flexibility index (Phi) is 10.9. The molecule has 4 amide bonds. The summed E-state index contributed by atoms with van der Waals surface area (Å²) < 4.78 is 9.10. The number of carbonyl (C=O) groups is 4. The van der Waals surface area contributed by atoms with Crippen LogP contribution < -0.4 is 20.7 Å². The molecule has 2 N–H and O–H groups in total. The van der Waals surface area contributed by atoms with Crippen LogP contribution in [0.15, 0.2) is 34.5 Å². The van der Waals surface area contributed by atoms with E-state index in [0.717, 1.165) is 12.8 Å². The van der Waals surface area contributed by atoms with Gasteiger partial charge in [-0.25, -0.2) is 20.4 Å². The van der Waals surface area contributed by atoms with Crippen molar-refractivity contribution >= 4 is 81.5 Å². The molecule has 2 atom stereocenters. The lowest BCUT2D eigenvalue weighted by Crippen LogP contribution is -2.41. The second kappa shape index (κ2) is 14.1. The molecule has 2 aliphatic rings. The highest BCUT2D eigenvalue weighted by Gasteiger charge is 2.46. The molecule has 0 aromatic heterocycles. The van der Waals surface area contributed by atoms with Crippen molar-refractivity contribution in [2.75, 3.05) is 37.1 Å². The highest BCUT2D eigenvalue weighted by atomic mass is 32.1. The van der Waals surface area contributed by atoms with E-state index in [1.165, 1.54) is 24.0 Å². The number of nitrogens with one attached hydrogen (secondary N) is 2. The van der Waals surface area contributed by atoms with Gasteiger partial charge in [-0.1, -0.05) is 13.8 Å². The molecule has 2 saturated heterocycles. The molecule has 2 aliphatic heterocycles. The Morgan fingerprint density at radius 1 is 0.762 bits per heavy atom. The predicted molar refractivity (Wildman–Crippen MR) is 165 cm³/mol. The van der Waals surface area contributed by atoms with E-state index in [4.69, 9.17) is 24.4 Å². The molecular weight excluding hydrogens is 584 g/mol. The average Bonchev–Trinajstić information content (AvgIpc) is 3.37. The molecule has 16 heteroatoms. The zero-order valence-corrected chi connectivity index (χ0v) is 25.9. The maximum Gasteiger partial charge on any atom is 0.427 e. The van der Waals surface area contributed by atoms with E-state index in [1.54, 1.807) is 47.9 Å². The van der Waals surface area contributed by atoms with Crippen LogP contribution in [0, 0.1) is 0 Å². The Balaban J connectivity index is 1.90. The van der Waals surface area contributed by atoms with Crippen LogP contribution in [0.5, 0.6) is 0 Å². The van der Waals surface area contributed by atoms with Crippen molar-refractivity contribution in [2.45, 2.75) is 52.6 Å². The quantitative estimate of drug-likeness (QED) is 0.228. The van der Waals surface area contributed by atoms with Crippen molar-refractivity contribution in [1.29, 1.82) is 0 Å². The van der Waals surface area contributed by atoms with E-state index in [1.807, 2.05) is 13.8 Å². The van der Waals surface area contributed by atoms with Crippen molar-refractivity contribution in [3.8, 4) is 0 Å². The van der Waals surface area contributed by atoms with Crippen LogP contribution in [0.3, 0.4) is 0 Å². The molecule has 42 heavy (non-hydrogen) atoms. The Morgan fingerprint density at radius 3 is 1.38 bits per heavy atom. The monoisotopic (exact) mass is 618 g/mol. The van der Waals surface area contributed by atoms with Crippen LogP contribution in [0.1, 0.15) is 40.5 Å². The van der Waals surface area contributed by atoms with Gasteiger partial charge in [0.2, 0.25) is 0 Å². The first-order valence-electron chi connectivity index (χ1n) is 13.2. The molecule has 2 unspecified atom stereocenters. The number of hydrazone groups is 2. The molecule has 1 aromatic rings. The number of methoxy groups -OCH3 is 2. The molecule has 2 heterocycles. The topological polar surface area (TPSA) is 148 Å². The van der Waals surface area contributed by atoms with Crippen molar-refractivity contribution in [2.24, 2.45) is 10.2 Å². The fourth-order valence-corrected chi connectivity index (χ4v) is 5.41. The van der Waals surface area contributed by atoms with Crippen LogP contribution in [0.2, 0.25) is 0 Å². The largest absolute Gasteiger partial charge is 0.452 e. The molecule has 1 aromatic carbocycles. The normalized spacial score (nSPS) is 19.6. The van der Waals surface area contributed by atoms with Gasteiger partial charge >= 0.3 is 12.2 Å². The highest BCUT2D eigenvalue weighted by molar-refractivity contribution is 7.80. The number of hydrogen-bond acceptors (Lipinski definition) is 10. The first-order chi connectivity index (χ1) is 20.0. The number of carbonyl (C=O) groups excluding carboxylic acids is 4. The summed E-state index contributed by atoms with van der Waals surface area (Å²) in [5.41, 5.74) is 6.16. The second-order valence-corrected chi connectivity index (χ2v) is 10.1. The number of thiocarbonyl (C=S) groups is 2. The first kappa shape index (κ1) is 32.3. The third-order valence-electron chi connectivity index (χ3n) is 6.51. The van der Waals surface area contributed by atoms with Crippen LogP contribution in [-0.2, 0) is 19.1 Å². The summed E-state index contributed by atoms with van der Waals surface area (Å²) in [6.45, 7) is 8.16. The van der Waals surface area contributed by atoms with Crippen LogP contribution in [-0.4, -0.2) is 94.8 Å². The Morgan fingerprint density at radius 2 is 1.10 bits per heavy atom. The van der Waals surface area contributed by atoms with Crippen molar-refractivity contribution in [1.82, 2.24) is 20.7 Å². The van der Waals surface area contributed by atoms with Gasteiger partial charge in [-0.3, -0.25) is 19.4 Å². The number of anilines is 2. The SMILES string of the molecule is CCCN1C(=S)N(c2ccc(N3C(=O)C(/C(C)=N/NC(=O)OC)N(CCC)C3=S)cc2)C(=O)C1/C(C)=N/NC(=O)OC. The summed E-state index contributed by atoms with van der Waals surface area (Å²) >= 11 is 11.4. The van der Waals surface area contributed by atoms with Gasteiger partial charge in [-0.15, -0.1) is 0 Å². The van der Waals surface area contributed by atoms with Crippen LogP contribution in [0.4, 0.5) is 21.0 Å². The van der Waals surface area contributed by atoms with E-state index >= 15 is 0 Å². The number of nitrogens with zero attached hydrogens (tertiary/aromatic N) is 6. The fourth-order valence-electron chi connectivity index (χ4n) is 4.62. The maximum absolute atomic E-state index is 13.6. The third-order valence-corrected chi connectivity index (χ3v) is 7.34. The fraction of sp³-hybridized carbons (Fsp3) is 0.462. The van der Waals surface area contributed by atoms with E-state index in [9.17, 15) is 19.2 Å². The van der Waals surface area contributed by atoms with Gasteiger partial charge in [0.05, 0.1) is 37.0 Å². The minimum atomic E-state index is -0.814. The summed E-state index contributed by atoms with van der Waals surface area (Å²) in [5, 5.41) is 8.62. The van der Waals surface area contributed by atoms with Gasteiger partial charge < -0.3 is 19.3 Å². The van der Waals surface area contributed by atoms with E-state index in [0.29, 0.717) is 46.1 Å². The summed E-state index contributed by atoms with van der Waals surface area (Å²) in [7, 11) is 2.43. The summed E-state index contributed by atoms with van der Waals surface area (Å²) in [6.07, 6.45) is -0.0776. The Labute approximate surface area is 254 Å². The van der Waals surface area contributed by atoms with Gasteiger partial charge in [-0.2, -0.15) is 10.2 Å². The van der Waals surface area contributed by atoms with Gasteiger partial charge in [0, 0.05) is 13.1 Å². The van der Waals surface area contributed by atoms with E-state index in [-0.39, 0.29) is 11.8 Å². The van der Waals surface area contributed by atoms with E-state index in [2.05, 4.69) is 30.5 Å². The smallest absolute Gasteiger partial charge is 0.427 e. The van der Waals surface area contributed by atoms with Gasteiger partial charge in [0.25, 0.3) is 11.8 Å². The minimum absolute atomic E-state index is 0.291. The molecule has 0 spiro atoms. The zero-order chi connectivity index (χ0) is 31.1. The summed E-state index contributed by atoms with van der Waals surface area (Å²) in [5.74, 6) is -0.665. The van der Waals surface area contributed by atoms with Crippen LogP contribution >= 0.6 is 24.4 Å². The molecule has 0 aliphatic carbocycles. The zero-order valence-electron chi connectivity index (χ0n) is 24.2. The molecular formula is C26H34N8O6S2. The maximum atomic E-state index is 13.6. The van der Waals surface area contributed by atoms with Crippen LogP contribution in [0.25, 0.3) is 0 Å². The van der Waals surface area contributed by atoms with Gasteiger partial charge in [0.15, 0.2) is 22.3 Å². The molecule has 0 radical (unpaired) electrons. The number of rotatable bonds is 10. The lowest BCUT2D eigenvalue weighted by molar-refractivity contribution is -0.118. The highest BCUT2D eigenvalue weighted by Crippen LogP contribution is 2.31.